The van der Waals surface area contributed by atoms with Crippen LogP contribution < -0.4 is 10.3 Å². The fourth-order valence-electron chi connectivity index (χ4n) is 2.94. The van der Waals surface area contributed by atoms with Gasteiger partial charge in [-0.3, -0.25) is 14.9 Å². The molecule has 2 heterocycles. The highest BCUT2D eigenvalue weighted by molar-refractivity contribution is 6.02. The molecule has 0 fully saturated rings. The highest BCUT2D eigenvalue weighted by Gasteiger charge is 2.12. The largest absolute Gasteiger partial charge is 0.497 e. The number of fused-ring (bicyclic) bond motifs is 3. The Morgan fingerprint density at radius 3 is 2.62 bits per heavy atom. The number of H-pyrrole nitrogens is 1. The molecule has 0 aliphatic heterocycles. The van der Waals surface area contributed by atoms with Gasteiger partial charge in [-0.2, -0.15) is 0 Å². The molecule has 4 aromatic rings. The predicted molar refractivity (Wildman–Crippen MR) is 95.1 cm³/mol. The Morgan fingerprint density at radius 2 is 1.92 bits per heavy atom. The molecule has 1 N–H and O–H groups in total. The summed E-state index contributed by atoms with van der Waals surface area (Å²) in [5, 5.41) is 4.76. The van der Waals surface area contributed by atoms with Crippen molar-refractivity contribution in [2.45, 2.75) is 13.3 Å². The van der Waals surface area contributed by atoms with Gasteiger partial charge in [-0.1, -0.05) is 19.1 Å². The van der Waals surface area contributed by atoms with Crippen LogP contribution in [-0.2, 0) is 6.42 Å². The minimum Gasteiger partial charge on any atom is -0.497 e. The molecule has 4 rings (SSSR count). The van der Waals surface area contributed by atoms with E-state index >= 15 is 0 Å². The Bertz CT molecular complexity index is 1090. The third-order valence-electron chi connectivity index (χ3n) is 4.33. The fraction of sp³-hybridized carbons (Fsp3) is 0.158. The van der Waals surface area contributed by atoms with Crippen molar-refractivity contribution in [1.82, 2.24) is 14.8 Å². The van der Waals surface area contributed by atoms with Crippen LogP contribution in [0.25, 0.3) is 27.5 Å². The Morgan fingerprint density at radius 1 is 1.12 bits per heavy atom. The molecular weight excluding hydrogens is 302 g/mol. The number of pyridine rings is 1. The third kappa shape index (κ3) is 2.17. The van der Waals surface area contributed by atoms with Crippen molar-refractivity contribution in [1.29, 1.82) is 0 Å². The van der Waals surface area contributed by atoms with E-state index in [4.69, 9.17) is 4.74 Å². The first-order valence-electron chi connectivity index (χ1n) is 7.88. The number of ether oxygens (including phenoxy) is 1. The number of nitrogens with zero attached hydrogens (tertiary/aromatic N) is 2. The second kappa shape index (κ2) is 5.53. The van der Waals surface area contributed by atoms with Gasteiger partial charge in [0.05, 0.1) is 29.2 Å². The van der Waals surface area contributed by atoms with Crippen molar-refractivity contribution in [2.75, 3.05) is 7.11 Å². The predicted octanol–water partition coefficient (Wildman–Crippen LogP) is 3.44. The number of benzene rings is 2. The maximum Gasteiger partial charge on any atom is 0.280 e. The van der Waals surface area contributed by atoms with Crippen molar-refractivity contribution in [3.63, 3.8) is 0 Å². The number of hydrogen-bond donors (Lipinski definition) is 1. The average molecular weight is 319 g/mol. The molecule has 0 saturated carbocycles. The van der Waals surface area contributed by atoms with Gasteiger partial charge in [0.2, 0.25) is 0 Å². The van der Waals surface area contributed by atoms with E-state index in [9.17, 15) is 4.79 Å². The van der Waals surface area contributed by atoms with E-state index in [0.717, 1.165) is 34.3 Å². The molecular formula is C19H17N3O2. The molecule has 24 heavy (non-hydrogen) atoms. The van der Waals surface area contributed by atoms with E-state index in [1.54, 1.807) is 18.0 Å². The van der Waals surface area contributed by atoms with E-state index in [-0.39, 0.29) is 5.56 Å². The maximum absolute atomic E-state index is 12.7. The Hall–Kier alpha value is -3.08. The van der Waals surface area contributed by atoms with Gasteiger partial charge < -0.3 is 4.74 Å². The first-order valence-corrected chi connectivity index (χ1v) is 7.88. The molecule has 5 nitrogen and oxygen atoms in total. The zero-order valence-corrected chi connectivity index (χ0v) is 13.5. The van der Waals surface area contributed by atoms with Gasteiger partial charge in [0.1, 0.15) is 5.75 Å². The van der Waals surface area contributed by atoms with Gasteiger partial charge in [-0.15, -0.1) is 0 Å². The van der Waals surface area contributed by atoms with Gasteiger partial charge in [0.25, 0.3) is 5.56 Å². The molecule has 2 aromatic carbocycles. The van der Waals surface area contributed by atoms with Crippen LogP contribution in [0.15, 0.2) is 53.5 Å². The van der Waals surface area contributed by atoms with Gasteiger partial charge in [0.15, 0.2) is 0 Å². The van der Waals surface area contributed by atoms with Crippen LogP contribution >= 0.6 is 0 Å². The van der Waals surface area contributed by atoms with Crippen molar-refractivity contribution in [3.8, 4) is 11.4 Å². The van der Waals surface area contributed by atoms with Gasteiger partial charge in [-0.05, 0) is 42.3 Å². The summed E-state index contributed by atoms with van der Waals surface area (Å²) in [6.45, 7) is 2.11. The van der Waals surface area contributed by atoms with Gasteiger partial charge in [-0.25, -0.2) is 4.68 Å². The quantitative estimate of drug-likeness (QED) is 0.629. The van der Waals surface area contributed by atoms with E-state index in [0.29, 0.717) is 5.39 Å². The highest BCUT2D eigenvalue weighted by atomic mass is 16.5. The smallest absolute Gasteiger partial charge is 0.280 e. The Kier molecular flexibility index (Phi) is 3.34. The number of hydrogen-bond acceptors (Lipinski definition) is 3. The number of aryl methyl sites for hydroxylation is 1. The minimum absolute atomic E-state index is 0.107. The molecule has 0 spiro atoms. The summed E-state index contributed by atoms with van der Waals surface area (Å²) < 4.78 is 6.71. The minimum atomic E-state index is -0.107. The zero-order valence-electron chi connectivity index (χ0n) is 13.5. The number of nitrogens with one attached hydrogen (secondary N) is 1. The first-order chi connectivity index (χ1) is 11.7. The summed E-state index contributed by atoms with van der Waals surface area (Å²) >= 11 is 0. The van der Waals surface area contributed by atoms with Crippen LogP contribution in [-0.4, -0.2) is 21.9 Å². The summed E-state index contributed by atoms with van der Waals surface area (Å²) in [7, 11) is 1.62. The first kappa shape index (κ1) is 14.5. The average Bonchev–Trinajstić information content (AvgIpc) is 2.98. The summed E-state index contributed by atoms with van der Waals surface area (Å²) in [5.41, 5.74) is 3.58. The van der Waals surface area contributed by atoms with Crippen LogP contribution in [0.3, 0.4) is 0 Å². The third-order valence-corrected chi connectivity index (χ3v) is 4.33. The van der Waals surface area contributed by atoms with Gasteiger partial charge >= 0.3 is 0 Å². The Labute approximate surface area is 138 Å². The molecule has 0 aliphatic carbocycles. The zero-order chi connectivity index (χ0) is 16.7. The Balaban J connectivity index is 1.95. The lowest BCUT2D eigenvalue weighted by molar-refractivity contribution is 0.414. The molecule has 2 aromatic heterocycles. The molecule has 120 valence electrons. The van der Waals surface area contributed by atoms with E-state index in [1.165, 1.54) is 5.56 Å². The summed E-state index contributed by atoms with van der Waals surface area (Å²) in [5.74, 6) is 0.752. The second-order valence-electron chi connectivity index (χ2n) is 5.70. The molecule has 0 unspecified atom stereocenters. The number of methoxy groups -OCH3 is 1. The standard InChI is InChI=1S/C19H17N3O2/c1-3-12-4-9-15-17(10-12)20-11-16-18(15)21-22(19(16)23)13-5-7-14(24-2)8-6-13/h4-11,21H,3H2,1-2H3. The lowest BCUT2D eigenvalue weighted by Crippen LogP contribution is -2.14. The molecule has 0 aliphatic rings. The van der Waals surface area contributed by atoms with Crippen molar-refractivity contribution >= 4 is 21.8 Å². The number of aromatic nitrogens is 3. The molecule has 0 saturated heterocycles. The van der Waals surface area contributed by atoms with Crippen LogP contribution in [0.1, 0.15) is 12.5 Å². The molecule has 0 amide bonds. The highest BCUT2D eigenvalue weighted by Crippen LogP contribution is 2.22. The maximum atomic E-state index is 12.7. The lowest BCUT2D eigenvalue weighted by Gasteiger charge is -2.03. The molecule has 0 bridgehead atoms. The summed E-state index contributed by atoms with van der Waals surface area (Å²) in [6.07, 6.45) is 2.61. The second-order valence-corrected chi connectivity index (χ2v) is 5.70. The molecule has 5 heteroatoms. The summed E-state index contributed by atoms with van der Waals surface area (Å²) in [4.78, 5) is 17.2. The van der Waals surface area contributed by atoms with E-state index < -0.39 is 0 Å². The SMILES string of the molecule is CCc1ccc2c(c1)ncc1c(=O)n(-c3ccc(OC)cc3)[nH]c12. The van der Waals surface area contributed by atoms with E-state index in [1.807, 2.05) is 30.3 Å². The molecule has 0 atom stereocenters. The monoisotopic (exact) mass is 319 g/mol. The van der Waals surface area contributed by atoms with Crippen molar-refractivity contribution in [2.24, 2.45) is 0 Å². The lowest BCUT2D eigenvalue weighted by atomic mass is 10.1. The fourth-order valence-corrected chi connectivity index (χ4v) is 2.94. The van der Waals surface area contributed by atoms with Crippen LogP contribution in [0.2, 0.25) is 0 Å². The van der Waals surface area contributed by atoms with Crippen LogP contribution in [0.5, 0.6) is 5.75 Å². The number of rotatable bonds is 3. The van der Waals surface area contributed by atoms with E-state index in [2.05, 4.69) is 29.1 Å². The van der Waals surface area contributed by atoms with Crippen LogP contribution in [0, 0.1) is 0 Å². The topological polar surface area (TPSA) is 59.9 Å². The van der Waals surface area contributed by atoms with Crippen molar-refractivity contribution < 1.29 is 4.74 Å². The van der Waals surface area contributed by atoms with Crippen LogP contribution in [0.4, 0.5) is 0 Å². The summed E-state index contributed by atoms with van der Waals surface area (Å²) in [6, 6.07) is 13.5. The normalized spacial score (nSPS) is 11.2. The van der Waals surface area contributed by atoms with Crippen molar-refractivity contribution in [3.05, 3.63) is 64.6 Å². The molecule has 0 radical (unpaired) electrons. The van der Waals surface area contributed by atoms with Gasteiger partial charge in [0, 0.05) is 11.6 Å². The number of aromatic amines is 1.